The average Bonchev–Trinajstić information content (AvgIpc) is 2.47. The van der Waals surface area contributed by atoms with Gasteiger partial charge in [-0.1, -0.05) is 36.7 Å². The molecule has 2 rings (SSSR count). The zero-order chi connectivity index (χ0) is 15.2. The van der Waals surface area contributed by atoms with Crippen molar-refractivity contribution >= 4 is 11.6 Å². The van der Waals surface area contributed by atoms with E-state index in [9.17, 15) is 4.39 Å². The molecule has 0 radical (unpaired) electrons. The van der Waals surface area contributed by atoms with Crippen LogP contribution < -0.4 is 10.1 Å². The molecule has 4 heteroatoms. The molecule has 0 aromatic heterocycles. The highest BCUT2D eigenvalue weighted by molar-refractivity contribution is 6.31. The van der Waals surface area contributed by atoms with Gasteiger partial charge >= 0.3 is 0 Å². The van der Waals surface area contributed by atoms with Crippen molar-refractivity contribution in [3.8, 4) is 5.75 Å². The number of rotatable bonds is 6. The van der Waals surface area contributed by atoms with E-state index >= 15 is 0 Å². The average molecular weight is 308 g/mol. The van der Waals surface area contributed by atoms with E-state index in [0.29, 0.717) is 17.7 Å². The summed E-state index contributed by atoms with van der Waals surface area (Å²) in [6.07, 6.45) is 0. The normalized spacial score (nSPS) is 12.2. The van der Waals surface area contributed by atoms with Gasteiger partial charge in [0.15, 0.2) is 0 Å². The van der Waals surface area contributed by atoms with E-state index in [4.69, 9.17) is 16.3 Å². The molecule has 0 aliphatic heterocycles. The van der Waals surface area contributed by atoms with Crippen LogP contribution in [0.15, 0.2) is 42.5 Å². The molecule has 0 bridgehead atoms. The molecule has 0 aliphatic carbocycles. The Kier molecular flexibility index (Phi) is 5.59. The molecular formula is C17H19ClFNO. The van der Waals surface area contributed by atoms with E-state index in [1.807, 2.05) is 24.3 Å². The van der Waals surface area contributed by atoms with Gasteiger partial charge in [-0.15, -0.1) is 0 Å². The van der Waals surface area contributed by atoms with Gasteiger partial charge in [0.2, 0.25) is 0 Å². The Bertz CT molecular complexity index is 586. The standard InChI is InChI=1S/C17H19ClFNO/c1-3-20-12(2)13-5-8-16(9-6-13)21-11-14-4-7-15(19)10-17(14)18/h4-10,12,20H,3,11H2,1-2H3. The number of ether oxygens (including phenoxy) is 1. The van der Waals surface area contributed by atoms with Crippen LogP contribution in [0.2, 0.25) is 5.02 Å². The number of benzene rings is 2. The smallest absolute Gasteiger partial charge is 0.124 e. The molecule has 2 nitrogen and oxygen atoms in total. The second kappa shape index (κ2) is 7.43. The minimum absolute atomic E-state index is 0.315. The summed E-state index contributed by atoms with van der Waals surface area (Å²) in [5.41, 5.74) is 1.98. The molecule has 21 heavy (non-hydrogen) atoms. The third-order valence-corrected chi connectivity index (χ3v) is 3.65. The molecule has 0 spiro atoms. The van der Waals surface area contributed by atoms with Crippen LogP contribution in [0.5, 0.6) is 5.75 Å². The third-order valence-electron chi connectivity index (χ3n) is 3.30. The lowest BCUT2D eigenvalue weighted by Crippen LogP contribution is -2.17. The van der Waals surface area contributed by atoms with Gasteiger partial charge in [0.05, 0.1) is 5.02 Å². The Hall–Kier alpha value is -1.58. The number of nitrogens with one attached hydrogen (secondary N) is 1. The van der Waals surface area contributed by atoms with Gasteiger partial charge in [0, 0.05) is 11.6 Å². The third kappa shape index (κ3) is 4.45. The predicted octanol–water partition coefficient (Wildman–Crippen LogP) is 4.73. The van der Waals surface area contributed by atoms with Crippen molar-refractivity contribution in [1.29, 1.82) is 0 Å². The maximum Gasteiger partial charge on any atom is 0.124 e. The Morgan fingerprint density at radius 1 is 1.19 bits per heavy atom. The summed E-state index contributed by atoms with van der Waals surface area (Å²) in [6, 6.07) is 12.6. The second-order valence-corrected chi connectivity index (χ2v) is 5.28. The fourth-order valence-corrected chi connectivity index (χ4v) is 2.30. The summed E-state index contributed by atoms with van der Waals surface area (Å²) >= 11 is 5.97. The van der Waals surface area contributed by atoms with Crippen molar-refractivity contribution < 1.29 is 9.13 Å². The Morgan fingerprint density at radius 2 is 1.90 bits per heavy atom. The highest BCUT2D eigenvalue weighted by Gasteiger charge is 2.05. The quantitative estimate of drug-likeness (QED) is 0.833. The zero-order valence-corrected chi connectivity index (χ0v) is 13.0. The fraction of sp³-hybridized carbons (Fsp3) is 0.294. The summed E-state index contributed by atoms with van der Waals surface area (Å²) in [6.45, 7) is 5.46. The van der Waals surface area contributed by atoms with E-state index in [0.717, 1.165) is 17.9 Å². The molecule has 0 heterocycles. The molecule has 1 atom stereocenters. The van der Waals surface area contributed by atoms with Crippen LogP contribution in [0.25, 0.3) is 0 Å². The van der Waals surface area contributed by atoms with E-state index in [2.05, 4.69) is 19.2 Å². The molecule has 0 saturated carbocycles. The van der Waals surface area contributed by atoms with Crippen LogP contribution in [0.4, 0.5) is 4.39 Å². The van der Waals surface area contributed by atoms with Crippen molar-refractivity contribution in [3.05, 3.63) is 64.4 Å². The molecule has 2 aromatic carbocycles. The van der Waals surface area contributed by atoms with Gasteiger partial charge in [-0.05, 0) is 43.3 Å². The minimum Gasteiger partial charge on any atom is -0.489 e. The van der Waals surface area contributed by atoms with Crippen LogP contribution >= 0.6 is 11.6 Å². The maximum atomic E-state index is 13.0. The zero-order valence-electron chi connectivity index (χ0n) is 12.2. The molecule has 1 N–H and O–H groups in total. The van der Waals surface area contributed by atoms with Gasteiger partial charge in [0.1, 0.15) is 18.2 Å². The highest BCUT2D eigenvalue weighted by atomic mass is 35.5. The Morgan fingerprint density at radius 3 is 2.52 bits per heavy atom. The van der Waals surface area contributed by atoms with Crippen LogP contribution in [-0.2, 0) is 6.61 Å². The minimum atomic E-state index is -0.342. The fourth-order valence-electron chi connectivity index (χ4n) is 2.08. The summed E-state index contributed by atoms with van der Waals surface area (Å²) in [5, 5.41) is 3.74. The van der Waals surface area contributed by atoms with Crippen LogP contribution in [0.1, 0.15) is 31.0 Å². The van der Waals surface area contributed by atoms with E-state index in [1.54, 1.807) is 6.07 Å². The van der Waals surface area contributed by atoms with Gasteiger partial charge in [-0.2, -0.15) is 0 Å². The molecule has 1 unspecified atom stereocenters. The first-order chi connectivity index (χ1) is 10.1. The van der Waals surface area contributed by atoms with Gasteiger partial charge in [0.25, 0.3) is 0 Å². The monoisotopic (exact) mass is 307 g/mol. The Balaban J connectivity index is 1.97. The summed E-state index contributed by atoms with van der Waals surface area (Å²) < 4.78 is 18.6. The van der Waals surface area contributed by atoms with Crippen molar-refractivity contribution in [2.24, 2.45) is 0 Å². The molecular weight excluding hydrogens is 289 g/mol. The lowest BCUT2D eigenvalue weighted by molar-refractivity contribution is 0.306. The van der Waals surface area contributed by atoms with Crippen LogP contribution in [-0.4, -0.2) is 6.54 Å². The predicted molar refractivity (Wildman–Crippen MR) is 84.3 cm³/mol. The lowest BCUT2D eigenvalue weighted by atomic mass is 10.1. The van der Waals surface area contributed by atoms with Crippen LogP contribution in [0, 0.1) is 5.82 Å². The Labute approximate surface area is 129 Å². The summed E-state index contributed by atoms with van der Waals surface area (Å²) in [7, 11) is 0. The highest BCUT2D eigenvalue weighted by Crippen LogP contribution is 2.21. The summed E-state index contributed by atoms with van der Waals surface area (Å²) in [5.74, 6) is 0.424. The number of hydrogen-bond acceptors (Lipinski definition) is 2. The summed E-state index contributed by atoms with van der Waals surface area (Å²) in [4.78, 5) is 0. The van der Waals surface area contributed by atoms with Gasteiger partial charge in [-0.3, -0.25) is 0 Å². The van der Waals surface area contributed by atoms with Crippen molar-refractivity contribution in [2.45, 2.75) is 26.5 Å². The molecule has 0 amide bonds. The maximum absolute atomic E-state index is 13.0. The first-order valence-corrected chi connectivity index (χ1v) is 7.38. The molecule has 0 saturated heterocycles. The van der Waals surface area contributed by atoms with Gasteiger partial charge in [-0.25, -0.2) is 4.39 Å². The van der Waals surface area contributed by atoms with E-state index in [1.165, 1.54) is 17.7 Å². The van der Waals surface area contributed by atoms with Crippen molar-refractivity contribution in [1.82, 2.24) is 5.32 Å². The first-order valence-electron chi connectivity index (χ1n) is 7.00. The molecule has 0 fully saturated rings. The topological polar surface area (TPSA) is 21.3 Å². The largest absolute Gasteiger partial charge is 0.489 e. The van der Waals surface area contributed by atoms with Crippen LogP contribution in [0.3, 0.4) is 0 Å². The first kappa shape index (κ1) is 15.8. The number of hydrogen-bond donors (Lipinski definition) is 1. The molecule has 112 valence electrons. The van der Waals surface area contributed by atoms with Crippen molar-refractivity contribution in [2.75, 3.05) is 6.54 Å². The van der Waals surface area contributed by atoms with Gasteiger partial charge < -0.3 is 10.1 Å². The van der Waals surface area contributed by atoms with Crippen molar-refractivity contribution in [3.63, 3.8) is 0 Å². The molecule has 2 aromatic rings. The number of halogens is 2. The molecule has 0 aliphatic rings. The van der Waals surface area contributed by atoms with E-state index in [-0.39, 0.29) is 5.82 Å². The SMILES string of the molecule is CCNC(C)c1ccc(OCc2ccc(F)cc2Cl)cc1. The lowest BCUT2D eigenvalue weighted by Gasteiger charge is -2.13. The second-order valence-electron chi connectivity index (χ2n) is 4.87. The van der Waals surface area contributed by atoms with E-state index < -0.39 is 0 Å².